The maximum absolute atomic E-state index is 10.7. The Balaban J connectivity index is 3.38. The number of carbonyl (C=O) groups is 1. The van der Waals surface area contributed by atoms with Crippen LogP contribution < -0.4 is 5.32 Å². The number of hydrogen-bond acceptors (Lipinski definition) is 3. The Morgan fingerprint density at radius 2 is 2.14 bits per heavy atom. The third-order valence-electron chi connectivity index (χ3n) is 1.47. The van der Waals surface area contributed by atoms with E-state index in [1.54, 1.807) is 6.19 Å². The third kappa shape index (κ3) is 2.08. The van der Waals surface area contributed by atoms with Crippen molar-refractivity contribution in [1.29, 1.82) is 5.26 Å². The molecule has 0 fully saturated rings. The van der Waals surface area contributed by atoms with E-state index < -0.39 is 5.97 Å². The summed E-state index contributed by atoms with van der Waals surface area (Å²) in [5.41, 5.74) is -0.0879. The summed E-state index contributed by atoms with van der Waals surface area (Å²) < 4.78 is 0. The molecule has 1 aromatic rings. The first-order valence-electron chi connectivity index (χ1n) is 3.43. The van der Waals surface area contributed by atoms with Crippen LogP contribution in [0.4, 0.5) is 5.69 Å². The lowest BCUT2D eigenvalue weighted by atomic mass is 10.2. The Bertz CT molecular complexity index is 426. The Morgan fingerprint density at radius 3 is 2.64 bits per heavy atom. The van der Waals surface area contributed by atoms with Crippen molar-refractivity contribution in [2.45, 2.75) is 0 Å². The van der Waals surface area contributed by atoms with Crippen LogP contribution in [-0.2, 0) is 0 Å². The van der Waals surface area contributed by atoms with Gasteiger partial charge in [-0.15, -0.1) is 0 Å². The molecule has 0 saturated heterocycles. The van der Waals surface area contributed by atoms with E-state index in [4.69, 9.17) is 33.6 Å². The average Bonchev–Trinajstić information content (AvgIpc) is 2.09. The SMILES string of the molecule is N#CNc1c(Cl)cc(Cl)cc1C(=O)O. The predicted molar refractivity (Wildman–Crippen MR) is 52.7 cm³/mol. The summed E-state index contributed by atoms with van der Waals surface area (Å²) in [4.78, 5) is 10.7. The predicted octanol–water partition coefficient (Wildman–Crippen LogP) is 2.58. The summed E-state index contributed by atoms with van der Waals surface area (Å²) in [6.07, 6.45) is 1.60. The molecule has 4 nitrogen and oxygen atoms in total. The molecule has 0 saturated carbocycles. The first-order valence-corrected chi connectivity index (χ1v) is 4.19. The van der Waals surface area contributed by atoms with Crippen LogP contribution >= 0.6 is 23.2 Å². The van der Waals surface area contributed by atoms with E-state index in [0.29, 0.717) is 0 Å². The van der Waals surface area contributed by atoms with Crippen molar-refractivity contribution in [2.75, 3.05) is 5.32 Å². The lowest BCUT2D eigenvalue weighted by Crippen LogP contribution is -2.02. The lowest BCUT2D eigenvalue weighted by molar-refractivity contribution is 0.0698. The molecule has 1 aromatic carbocycles. The number of rotatable bonds is 2. The van der Waals surface area contributed by atoms with Crippen LogP contribution in [0.2, 0.25) is 10.0 Å². The fraction of sp³-hybridized carbons (Fsp3) is 0. The van der Waals surface area contributed by atoms with Gasteiger partial charge in [0.15, 0.2) is 6.19 Å². The third-order valence-corrected chi connectivity index (χ3v) is 1.98. The van der Waals surface area contributed by atoms with Gasteiger partial charge in [0.25, 0.3) is 0 Å². The second-order valence-electron chi connectivity index (χ2n) is 2.35. The molecule has 0 amide bonds. The first-order chi connectivity index (χ1) is 6.56. The van der Waals surface area contributed by atoms with Gasteiger partial charge in [0, 0.05) is 5.02 Å². The normalized spacial score (nSPS) is 9.21. The molecular weight excluding hydrogens is 227 g/mol. The van der Waals surface area contributed by atoms with Crippen molar-refractivity contribution in [2.24, 2.45) is 0 Å². The number of carboxylic acid groups (broad SMARTS) is 1. The zero-order valence-electron chi connectivity index (χ0n) is 6.71. The molecule has 0 spiro atoms. The lowest BCUT2D eigenvalue weighted by Gasteiger charge is -2.06. The smallest absolute Gasteiger partial charge is 0.337 e. The van der Waals surface area contributed by atoms with E-state index in [1.807, 2.05) is 0 Å². The van der Waals surface area contributed by atoms with Gasteiger partial charge in [0.1, 0.15) is 0 Å². The topological polar surface area (TPSA) is 73.1 Å². The van der Waals surface area contributed by atoms with Crippen molar-refractivity contribution in [3.8, 4) is 6.19 Å². The van der Waals surface area contributed by atoms with Crippen molar-refractivity contribution >= 4 is 34.9 Å². The fourth-order valence-electron chi connectivity index (χ4n) is 0.925. The van der Waals surface area contributed by atoms with Crippen molar-refractivity contribution in [1.82, 2.24) is 0 Å². The minimum atomic E-state index is -1.20. The highest BCUT2D eigenvalue weighted by Gasteiger charge is 2.14. The average molecular weight is 231 g/mol. The molecule has 6 heteroatoms. The van der Waals surface area contributed by atoms with Gasteiger partial charge in [-0.3, -0.25) is 5.32 Å². The summed E-state index contributed by atoms with van der Waals surface area (Å²) in [5.74, 6) is -1.20. The summed E-state index contributed by atoms with van der Waals surface area (Å²) >= 11 is 11.3. The van der Waals surface area contributed by atoms with Gasteiger partial charge in [-0.1, -0.05) is 23.2 Å². The van der Waals surface area contributed by atoms with E-state index in [-0.39, 0.29) is 21.3 Å². The maximum Gasteiger partial charge on any atom is 0.337 e. The van der Waals surface area contributed by atoms with E-state index in [0.717, 1.165) is 0 Å². The Labute approximate surface area is 89.7 Å². The largest absolute Gasteiger partial charge is 0.478 e. The van der Waals surface area contributed by atoms with Crippen LogP contribution in [0, 0.1) is 11.5 Å². The number of benzene rings is 1. The molecule has 0 radical (unpaired) electrons. The van der Waals surface area contributed by atoms with Crippen LogP contribution in [0.1, 0.15) is 10.4 Å². The minimum absolute atomic E-state index is 0.0473. The quantitative estimate of drug-likeness (QED) is 0.605. The molecule has 0 atom stereocenters. The minimum Gasteiger partial charge on any atom is -0.478 e. The van der Waals surface area contributed by atoms with Gasteiger partial charge >= 0.3 is 5.97 Å². The zero-order valence-corrected chi connectivity index (χ0v) is 8.23. The second kappa shape index (κ2) is 4.18. The van der Waals surface area contributed by atoms with E-state index in [2.05, 4.69) is 5.32 Å². The number of nitriles is 1. The van der Waals surface area contributed by atoms with Crippen LogP contribution in [-0.4, -0.2) is 11.1 Å². The number of aromatic carboxylic acids is 1. The standard InChI is InChI=1S/C8H4Cl2N2O2/c9-4-1-5(8(13)14)7(12-3-11)6(10)2-4/h1-2,12H,(H,13,14). The molecule has 0 heterocycles. The highest BCUT2D eigenvalue weighted by Crippen LogP contribution is 2.29. The number of hydrogen-bond donors (Lipinski definition) is 2. The van der Waals surface area contributed by atoms with Crippen molar-refractivity contribution < 1.29 is 9.90 Å². The van der Waals surface area contributed by atoms with Gasteiger partial charge in [0.05, 0.1) is 16.3 Å². The molecule has 2 N–H and O–H groups in total. The molecule has 0 aliphatic carbocycles. The van der Waals surface area contributed by atoms with E-state index in [1.165, 1.54) is 12.1 Å². The van der Waals surface area contributed by atoms with Crippen LogP contribution in [0.25, 0.3) is 0 Å². The van der Waals surface area contributed by atoms with Crippen LogP contribution in [0.15, 0.2) is 12.1 Å². The van der Waals surface area contributed by atoms with Crippen molar-refractivity contribution in [3.05, 3.63) is 27.7 Å². The van der Waals surface area contributed by atoms with E-state index in [9.17, 15) is 4.79 Å². The molecular formula is C8H4Cl2N2O2. The number of halogens is 2. The van der Waals surface area contributed by atoms with Crippen LogP contribution in [0.5, 0.6) is 0 Å². The molecule has 0 aromatic heterocycles. The zero-order chi connectivity index (χ0) is 10.7. The molecule has 14 heavy (non-hydrogen) atoms. The fourth-order valence-corrected chi connectivity index (χ4v) is 1.47. The summed E-state index contributed by atoms with van der Waals surface area (Å²) in [5, 5.41) is 19.6. The van der Waals surface area contributed by atoms with Gasteiger partial charge in [0.2, 0.25) is 0 Å². The Hall–Kier alpha value is -1.44. The molecule has 0 unspecified atom stereocenters. The molecule has 0 aliphatic heterocycles. The number of anilines is 1. The number of carboxylic acids is 1. The monoisotopic (exact) mass is 230 g/mol. The summed E-state index contributed by atoms with van der Waals surface area (Å²) in [6.45, 7) is 0. The van der Waals surface area contributed by atoms with Gasteiger partial charge in [-0.25, -0.2) is 4.79 Å². The van der Waals surface area contributed by atoms with Crippen molar-refractivity contribution in [3.63, 3.8) is 0 Å². The van der Waals surface area contributed by atoms with Crippen LogP contribution in [0.3, 0.4) is 0 Å². The van der Waals surface area contributed by atoms with E-state index >= 15 is 0 Å². The summed E-state index contributed by atoms with van der Waals surface area (Å²) in [7, 11) is 0. The second-order valence-corrected chi connectivity index (χ2v) is 3.20. The molecule has 0 bridgehead atoms. The summed E-state index contributed by atoms with van der Waals surface area (Å²) in [6, 6.07) is 2.57. The first kappa shape index (κ1) is 10.6. The maximum atomic E-state index is 10.7. The Morgan fingerprint density at radius 1 is 1.50 bits per heavy atom. The van der Waals surface area contributed by atoms with Gasteiger partial charge < -0.3 is 5.11 Å². The van der Waals surface area contributed by atoms with Gasteiger partial charge in [-0.2, -0.15) is 5.26 Å². The number of nitrogens with zero attached hydrogens (tertiary/aromatic N) is 1. The molecule has 72 valence electrons. The molecule has 1 rings (SSSR count). The molecule has 0 aliphatic rings. The van der Waals surface area contributed by atoms with Gasteiger partial charge in [-0.05, 0) is 12.1 Å². The highest BCUT2D eigenvalue weighted by molar-refractivity contribution is 6.37. The number of nitrogens with one attached hydrogen (secondary N) is 1. The Kier molecular flexibility index (Phi) is 3.18. The highest BCUT2D eigenvalue weighted by atomic mass is 35.5.